The maximum absolute atomic E-state index is 12.4. The molecule has 0 saturated heterocycles. The molecule has 4 nitrogen and oxygen atoms in total. The Kier molecular flexibility index (Phi) is 4.51. The van der Waals surface area contributed by atoms with Crippen molar-refractivity contribution >= 4 is 11.6 Å². The number of rotatable bonds is 4. The quantitative estimate of drug-likeness (QED) is 0.807. The van der Waals surface area contributed by atoms with E-state index in [1.165, 1.54) is 11.1 Å². The van der Waals surface area contributed by atoms with E-state index in [9.17, 15) is 4.79 Å². The predicted octanol–water partition coefficient (Wildman–Crippen LogP) is 1.87. The van der Waals surface area contributed by atoms with Gasteiger partial charge in [0.05, 0.1) is 6.04 Å². The Morgan fingerprint density at radius 3 is 2.59 bits per heavy atom. The molecule has 4 heteroatoms. The maximum atomic E-state index is 12.4. The summed E-state index contributed by atoms with van der Waals surface area (Å²) in [7, 11) is 0. The van der Waals surface area contributed by atoms with Crippen molar-refractivity contribution in [3.05, 3.63) is 65.2 Å². The van der Waals surface area contributed by atoms with Crippen molar-refractivity contribution in [3.8, 4) is 0 Å². The van der Waals surface area contributed by atoms with Gasteiger partial charge in [-0.15, -0.1) is 0 Å². The van der Waals surface area contributed by atoms with Gasteiger partial charge in [-0.3, -0.25) is 4.79 Å². The molecule has 2 aromatic rings. The molecule has 0 aliphatic carbocycles. The zero-order valence-electron chi connectivity index (χ0n) is 12.4. The molecule has 0 aromatic heterocycles. The largest absolute Gasteiger partial charge is 0.396 e. The second-order valence-electron chi connectivity index (χ2n) is 5.57. The average Bonchev–Trinajstić information content (AvgIpc) is 2.56. The number of hydrogen-bond donors (Lipinski definition) is 3. The van der Waals surface area contributed by atoms with E-state index in [2.05, 4.69) is 22.8 Å². The Hall–Kier alpha value is -2.17. The summed E-state index contributed by atoms with van der Waals surface area (Å²) in [6.45, 7) is 0.862. The summed E-state index contributed by atoms with van der Waals surface area (Å²) < 4.78 is 0. The van der Waals surface area contributed by atoms with Crippen LogP contribution in [0.5, 0.6) is 0 Å². The van der Waals surface area contributed by atoms with Crippen molar-refractivity contribution in [2.24, 2.45) is 0 Å². The fraction of sp³-hybridized carbons (Fsp3) is 0.278. The maximum Gasteiger partial charge on any atom is 0.241 e. The minimum atomic E-state index is -0.202. The topological polar surface area (TPSA) is 61.4 Å². The van der Waals surface area contributed by atoms with Gasteiger partial charge in [0.1, 0.15) is 0 Å². The third-order valence-electron chi connectivity index (χ3n) is 4.02. The molecular weight excluding hydrogens is 276 g/mol. The molecule has 0 saturated carbocycles. The molecule has 1 heterocycles. The zero-order chi connectivity index (χ0) is 15.4. The van der Waals surface area contributed by atoms with Crippen LogP contribution in [0.2, 0.25) is 0 Å². The number of hydrogen-bond acceptors (Lipinski definition) is 3. The van der Waals surface area contributed by atoms with Crippen LogP contribution in [-0.4, -0.2) is 23.7 Å². The number of amides is 1. The zero-order valence-corrected chi connectivity index (χ0v) is 12.4. The van der Waals surface area contributed by atoms with Gasteiger partial charge in [0, 0.05) is 18.8 Å². The number of benzene rings is 2. The van der Waals surface area contributed by atoms with Crippen LogP contribution in [0, 0.1) is 0 Å². The monoisotopic (exact) mass is 296 g/mol. The van der Waals surface area contributed by atoms with E-state index in [0.717, 1.165) is 17.8 Å². The van der Waals surface area contributed by atoms with Crippen LogP contribution < -0.4 is 10.6 Å². The summed E-state index contributed by atoms with van der Waals surface area (Å²) in [6, 6.07) is 15.6. The lowest BCUT2D eigenvalue weighted by atomic mass is 9.95. The molecule has 1 amide bonds. The molecule has 1 atom stereocenters. The number of nitrogens with one attached hydrogen (secondary N) is 2. The van der Waals surface area contributed by atoms with E-state index in [-0.39, 0.29) is 18.6 Å². The average molecular weight is 296 g/mol. The first-order valence-electron chi connectivity index (χ1n) is 7.57. The highest BCUT2D eigenvalue weighted by atomic mass is 16.3. The fourth-order valence-electron chi connectivity index (χ4n) is 2.75. The van der Waals surface area contributed by atoms with Crippen molar-refractivity contribution in [1.82, 2.24) is 5.32 Å². The van der Waals surface area contributed by atoms with Crippen molar-refractivity contribution in [1.29, 1.82) is 0 Å². The van der Waals surface area contributed by atoms with Gasteiger partial charge in [-0.05, 0) is 41.7 Å². The van der Waals surface area contributed by atoms with Gasteiger partial charge in [-0.25, -0.2) is 0 Å². The third kappa shape index (κ3) is 3.35. The Morgan fingerprint density at radius 2 is 1.86 bits per heavy atom. The van der Waals surface area contributed by atoms with Crippen LogP contribution in [-0.2, 0) is 24.2 Å². The molecule has 1 unspecified atom stereocenters. The van der Waals surface area contributed by atoms with Gasteiger partial charge in [-0.1, -0.05) is 36.4 Å². The highest BCUT2D eigenvalue weighted by Crippen LogP contribution is 2.17. The number of aliphatic hydroxyl groups is 1. The van der Waals surface area contributed by atoms with E-state index in [1.54, 1.807) is 0 Å². The number of carbonyl (C=O) groups is 1. The van der Waals surface area contributed by atoms with Crippen LogP contribution in [0.1, 0.15) is 16.7 Å². The highest BCUT2D eigenvalue weighted by Gasteiger charge is 2.23. The Labute approximate surface area is 130 Å². The summed E-state index contributed by atoms with van der Waals surface area (Å²) >= 11 is 0. The van der Waals surface area contributed by atoms with Crippen LogP contribution in [0.15, 0.2) is 48.5 Å². The van der Waals surface area contributed by atoms with Crippen molar-refractivity contribution < 1.29 is 9.90 Å². The molecule has 1 aliphatic rings. The van der Waals surface area contributed by atoms with Crippen molar-refractivity contribution in [2.75, 3.05) is 11.9 Å². The van der Waals surface area contributed by atoms with Crippen LogP contribution in [0.4, 0.5) is 5.69 Å². The van der Waals surface area contributed by atoms with E-state index in [0.29, 0.717) is 12.8 Å². The van der Waals surface area contributed by atoms with Gasteiger partial charge < -0.3 is 15.7 Å². The Morgan fingerprint density at radius 1 is 1.14 bits per heavy atom. The molecule has 3 N–H and O–H groups in total. The van der Waals surface area contributed by atoms with Crippen molar-refractivity contribution in [2.45, 2.75) is 25.4 Å². The summed E-state index contributed by atoms with van der Waals surface area (Å²) in [4.78, 5) is 12.4. The lowest BCUT2D eigenvalue weighted by Crippen LogP contribution is -2.44. The van der Waals surface area contributed by atoms with Gasteiger partial charge in [0.15, 0.2) is 0 Å². The molecule has 0 radical (unpaired) electrons. The van der Waals surface area contributed by atoms with Crippen LogP contribution >= 0.6 is 0 Å². The first kappa shape index (κ1) is 14.8. The number of fused-ring (bicyclic) bond motifs is 1. The molecule has 114 valence electrons. The molecule has 22 heavy (non-hydrogen) atoms. The first-order chi connectivity index (χ1) is 10.8. The van der Waals surface area contributed by atoms with Crippen LogP contribution in [0.3, 0.4) is 0 Å². The summed E-state index contributed by atoms with van der Waals surface area (Å²) in [6.07, 6.45) is 1.35. The number of aliphatic hydroxyl groups excluding tert-OH is 1. The molecule has 2 aromatic carbocycles. The SMILES string of the molecule is O=C(Nc1ccc(CCO)cc1)C1Cc2ccccc2CN1. The fourth-order valence-corrected chi connectivity index (χ4v) is 2.75. The Bertz CT molecular complexity index is 652. The normalized spacial score (nSPS) is 16.9. The van der Waals surface area contributed by atoms with Gasteiger partial charge in [0.25, 0.3) is 0 Å². The lowest BCUT2D eigenvalue weighted by molar-refractivity contribution is -0.118. The predicted molar refractivity (Wildman–Crippen MR) is 86.6 cm³/mol. The van der Waals surface area contributed by atoms with E-state index < -0.39 is 0 Å². The highest BCUT2D eigenvalue weighted by molar-refractivity contribution is 5.95. The second-order valence-corrected chi connectivity index (χ2v) is 5.57. The molecule has 0 fully saturated rings. The van der Waals surface area contributed by atoms with Gasteiger partial charge in [-0.2, -0.15) is 0 Å². The first-order valence-corrected chi connectivity index (χ1v) is 7.57. The Balaban J connectivity index is 1.63. The van der Waals surface area contributed by atoms with Crippen molar-refractivity contribution in [3.63, 3.8) is 0 Å². The van der Waals surface area contributed by atoms with Gasteiger partial charge >= 0.3 is 0 Å². The third-order valence-corrected chi connectivity index (χ3v) is 4.02. The second kappa shape index (κ2) is 6.73. The van der Waals surface area contributed by atoms with Crippen LogP contribution in [0.25, 0.3) is 0 Å². The minimum Gasteiger partial charge on any atom is -0.396 e. The molecule has 0 bridgehead atoms. The molecular formula is C18H20N2O2. The molecule has 3 rings (SSSR count). The summed E-state index contributed by atoms with van der Waals surface area (Å²) in [5, 5.41) is 15.1. The van der Waals surface area contributed by atoms with E-state index >= 15 is 0 Å². The smallest absolute Gasteiger partial charge is 0.241 e. The van der Waals surface area contributed by atoms with E-state index in [4.69, 9.17) is 5.11 Å². The van der Waals surface area contributed by atoms with E-state index in [1.807, 2.05) is 36.4 Å². The lowest BCUT2D eigenvalue weighted by Gasteiger charge is -2.25. The standard InChI is InChI=1S/C18H20N2O2/c21-10-9-13-5-7-16(8-6-13)20-18(22)17-11-14-3-1-2-4-15(14)12-19-17/h1-8,17,19,21H,9-12H2,(H,20,22). The van der Waals surface area contributed by atoms with Gasteiger partial charge in [0.2, 0.25) is 5.91 Å². The molecule has 0 spiro atoms. The summed E-state index contributed by atoms with van der Waals surface area (Å²) in [5.74, 6) is -0.00980. The number of carbonyl (C=O) groups excluding carboxylic acids is 1. The minimum absolute atomic E-state index is 0.00980. The number of anilines is 1. The molecule has 1 aliphatic heterocycles. The summed E-state index contributed by atoms with van der Waals surface area (Å²) in [5.41, 5.74) is 4.34.